The molecule has 2 aromatic heterocycles. The zero-order valence-electron chi connectivity index (χ0n) is 11.9. The molecule has 0 saturated carbocycles. The van der Waals surface area contributed by atoms with Crippen molar-refractivity contribution in [2.75, 3.05) is 27.4 Å². The van der Waals surface area contributed by atoms with Crippen molar-refractivity contribution in [3.05, 3.63) is 42.1 Å². The highest BCUT2D eigenvalue weighted by molar-refractivity contribution is 5.21. The van der Waals surface area contributed by atoms with Crippen LogP contribution in [0.5, 0.6) is 5.88 Å². The van der Waals surface area contributed by atoms with E-state index < -0.39 is 0 Å². The lowest BCUT2D eigenvalue weighted by atomic mass is 10.2. The Morgan fingerprint density at radius 3 is 3.05 bits per heavy atom. The van der Waals surface area contributed by atoms with Gasteiger partial charge in [0.05, 0.1) is 25.7 Å². The van der Waals surface area contributed by atoms with Gasteiger partial charge in [0.2, 0.25) is 5.88 Å². The van der Waals surface area contributed by atoms with Gasteiger partial charge in [-0.25, -0.2) is 9.97 Å². The van der Waals surface area contributed by atoms with Crippen molar-refractivity contribution < 1.29 is 9.47 Å². The molecule has 20 heavy (non-hydrogen) atoms. The van der Waals surface area contributed by atoms with E-state index in [1.54, 1.807) is 20.4 Å². The minimum Gasteiger partial charge on any atom is -0.481 e. The van der Waals surface area contributed by atoms with Gasteiger partial charge in [0.25, 0.3) is 0 Å². The molecule has 108 valence electrons. The monoisotopic (exact) mass is 276 g/mol. The highest BCUT2D eigenvalue weighted by atomic mass is 16.5. The molecule has 2 heterocycles. The van der Waals surface area contributed by atoms with Crippen molar-refractivity contribution in [2.45, 2.75) is 13.1 Å². The summed E-state index contributed by atoms with van der Waals surface area (Å²) in [4.78, 5) is 8.31. The van der Waals surface area contributed by atoms with E-state index in [1.807, 2.05) is 24.7 Å². The Hall–Kier alpha value is -1.92. The lowest BCUT2D eigenvalue weighted by molar-refractivity contribution is 0.199. The number of nitrogens with zero attached hydrogens (tertiary/aromatic N) is 3. The van der Waals surface area contributed by atoms with Gasteiger partial charge in [-0.05, 0) is 11.6 Å². The van der Waals surface area contributed by atoms with Gasteiger partial charge < -0.3 is 19.4 Å². The number of hydrogen-bond acceptors (Lipinski definition) is 5. The second-order valence-corrected chi connectivity index (χ2v) is 4.39. The first-order valence-electron chi connectivity index (χ1n) is 6.51. The fraction of sp³-hybridized carbons (Fsp3) is 0.429. The molecule has 0 aliphatic carbocycles. The van der Waals surface area contributed by atoms with Crippen LogP contribution in [-0.4, -0.2) is 41.9 Å². The minimum absolute atomic E-state index is 0.627. The van der Waals surface area contributed by atoms with E-state index >= 15 is 0 Å². The maximum atomic E-state index is 5.13. The summed E-state index contributed by atoms with van der Waals surface area (Å²) in [5.74, 6) is 0.627. The topological polar surface area (TPSA) is 61.2 Å². The molecule has 0 aromatic carbocycles. The van der Waals surface area contributed by atoms with E-state index in [9.17, 15) is 0 Å². The number of ether oxygens (including phenoxy) is 2. The van der Waals surface area contributed by atoms with Crippen LogP contribution < -0.4 is 10.1 Å². The quantitative estimate of drug-likeness (QED) is 0.731. The number of rotatable bonds is 8. The van der Waals surface area contributed by atoms with Gasteiger partial charge in [0.15, 0.2) is 0 Å². The van der Waals surface area contributed by atoms with Gasteiger partial charge in [0, 0.05) is 45.2 Å². The third-order valence-corrected chi connectivity index (χ3v) is 2.95. The predicted molar refractivity (Wildman–Crippen MR) is 75.7 cm³/mol. The van der Waals surface area contributed by atoms with E-state index in [-0.39, 0.29) is 0 Å². The van der Waals surface area contributed by atoms with Gasteiger partial charge in [-0.1, -0.05) is 0 Å². The summed E-state index contributed by atoms with van der Waals surface area (Å²) in [6.07, 6.45) is 5.46. The normalized spacial score (nSPS) is 10.7. The minimum atomic E-state index is 0.627. The number of nitrogens with one attached hydrogen (secondary N) is 1. The molecule has 0 radical (unpaired) electrons. The summed E-state index contributed by atoms with van der Waals surface area (Å²) in [5.41, 5.74) is 2.27. The summed E-state index contributed by atoms with van der Waals surface area (Å²) in [6.45, 7) is 3.05. The summed E-state index contributed by atoms with van der Waals surface area (Å²) in [6, 6.07) is 3.91. The fourth-order valence-electron chi connectivity index (χ4n) is 1.89. The third kappa shape index (κ3) is 4.04. The highest BCUT2D eigenvalue weighted by Crippen LogP contribution is 2.11. The van der Waals surface area contributed by atoms with Crippen LogP contribution in [0.1, 0.15) is 11.3 Å². The Kier molecular flexibility index (Phi) is 5.52. The Morgan fingerprint density at radius 2 is 2.25 bits per heavy atom. The van der Waals surface area contributed by atoms with Crippen molar-refractivity contribution in [3.63, 3.8) is 0 Å². The zero-order valence-corrected chi connectivity index (χ0v) is 11.9. The first-order valence-corrected chi connectivity index (χ1v) is 6.51. The first kappa shape index (κ1) is 14.5. The van der Waals surface area contributed by atoms with E-state index in [0.717, 1.165) is 30.9 Å². The molecule has 0 bridgehead atoms. The van der Waals surface area contributed by atoms with E-state index in [0.29, 0.717) is 12.5 Å². The van der Waals surface area contributed by atoms with Crippen molar-refractivity contribution in [2.24, 2.45) is 0 Å². The fourth-order valence-corrected chi connectivity index (χ4v) is 1.89. The Morgan fingerprint density at radius 1 is 1.35 bits per heavy atom. The lowest BCUT2D eigenvalue weighted by Gasteiger charge is -2.10. The molecule has 0 atom stereocenters. The number of imidazole rings is 1. The Bertz CT molecular complexity index is 527. The van der Waals surface area contributed by atoms with E-state index in [2.05, 4.69) is 19.9 Å². The van der Waals surface area contributed by atoms with Crippen LogP contribution >= 0.6 is 0 Å². The maximum absolute atomic E-state index is 5.13. The van der Waals surface area contributed by atoms with Gasteiger partial charge in [-0.15, -0.1) is 0 Å². The van der Waals surface area contributed by atoms with Crippen LogP contribution in [0.25, 0.3) is 0 Å². The van der Waals surface area contributed by atoms with Gasteiger partial charge in [0.1, 0.15) is 0 Å². The van der Waals surface area contributed by atoms with Crippen molar-refractivity contribution in [1.29, 1.82) is 0 Å². The summed E-state index contributed by atoms with van der Waals surface area (Å²) < 4.78 is 12.2. The van der Waals surface area contributed by atoms with E-state index in [4.69, 9.17) is 9.47 Å². The Labute approximate surface area is 118 Å². The van der Waals surface area contributed by atoms with Crippen LogP contribution in [0.15, 0.2) is 30.9 Å². The van der Waals surface area contributed by atoms with Crippen LogP contribution in [-0.2, 0) is 17.8 Å². The first-order chi connectivity index (χ1) is 9.83. The average molecular weight is 276 g/mol. The molecule has 6 heteroatoms. The van der Waals surface area contributed by atoms with Crippen LogP contribution in [0.4, 0.5) is 0 Å². The van der Waals surface area contributed by atoms with Crippen LogP contribution in [0, 0.1) is 0 Å². The van der Waals surface area contributed by atoms with Crippen molar-refractivity contribution >= 4 is 0 Å². The predicted octanol–water partition coefficient (Wildman–Crippen LogP) is 1.07. The number of methoxy groups -OCH3 is 2. The Balaban J connectivity index is 1.97. The largest absolute Gasteiger partial charge is 0.481 e. The summed E-state index contributed by atoms with van der Waals surface area (Å²) in [7, 11) is 3.32. The molecule has 0 saturated heterocycles. The second kappa shape index (κ2) is 7.62. The molecular weight excluding hydrogens is 256 g/mol. The third-order valence-electron chi connectivity index (χ3n) is 2.95. The molecular formula is C14H20N4O2. The number of hydrogen-bond donors (Lipinski definition) is 1. The standard InChI is InChI=1S/C14H20N4O2/c1-19-6-5-15-8-13-9-16-11-18(13)10-12-3-4-17-14(7-12)20-2/h3-4,7,9,11,15H,5-6,8,10H2,1-2H3. The van der Waals surface area contributed by atoms with Crippen molar-refractivity contribution in [3.8, 4) is 5.88 Å². The molecule has 0 aliphatic heterocycles. The lowest BCUT2D eigenvalue weighted by Crippen LogP contribution is -2.20. The molecule has 0 fully saturated rings. The SMILES string of the molecule is COCCNCc1cncn1Cc1ccnc(OC)c1. The molecule has 0 amide bonds. The summed E-state index contributed by atoms with van der Waals surface area (Å²) in [5, 5.41) is 3.31. The van der Waals surface area contributed by atoms with Crippen LogP contribution in [0.2, 0.25) is 0 Å². The summed E-state index contributed by atoms with van der Waals surface area (Å²) >= 11 is 0. The molecule has 0 unspecified atom stereocenters. The molecule has 0 aliphatic rings. The smallest absolute Gasteiger partial charge is 0.213 e. The van der Waals surface area contributed by atoms with Crippen LogP contribution in [0.3, 0.4) is 0 Å². The average Bonchev–Trinajstić information content (AvgIpc) is 2.91. The van der Waals surface area contributed by atoms with Gasteiger partial charge >= 0.3 is 0 Å². The number of aromatic nitrogens is 3. The number of pyridine rings is 1. The molecule has 0 spiro atoms. The second-order valence-electron chi connectivity index (χ2n) is 4.39. The maximum Gasteiger partial charge on any atom is 0.213 e. The molecule has 2 aromatic rings. The van der Waals surface area contributed by atoms with Gasteiger partial charge in [-0.3, -0.25) is 0 Å². The molecule has 1 N–H and O–H groups in total. The zero-order chi connectivity index (χ0) is 14.2. The van der Waals surface area contributed by atoms with Gasteiger partial charge in [-0.2, -0.15) is 0 Å². The van der Waals surface area contributed by atoms with Crippen molar-refractivity contribution in [1.82, 2.24) is 19.9 Å². The molecule has 2 rings (SSSR count). The highest BCUT2D eigenvalue weighted by Gasteiger charge is 2.04. The van der Waals surface area contributed by atoms with E-state index in [1.165, 1.54) is 0 Å². The molecule has 6 nitrogen and oxygen atoms in total.